The fraction of sp³-hybridized carbons (Fsp3) is 0.176. The Morgan fingerprint density at radius 2 is 0.721 bits per heavy atom. The summed E-state index contributed by atoms with van der Waals surface area (Å²) in [5, 5.41) is 7.74. The average molecular weight is 625 g/mol. The zero-order chi connectivity index (χ0) is 30.1. The molecule has 0 aromatic heterocycles. The largest absolute Gasteiger partial charge is 0.332 e. The molecule has 2 atom stereocenters. The lowest BCUT2D eigenvalue weighted by atomic mass is 9.94. The van der Waals surface area contributed by atoms with E-state index in [1.54, 1.807) is 0 Å². The lowest BCUT2D eigenvalue weighted by Gasteiger charge is -2.21. The molecule has 43 heavy (non-hydrogen) atoms. The number of rotatable bonds is 6. The lowest BCUT2D eigenvalue weighted by Crippen LogP contribution is -2.01. The van der Waals surface area contributed by atoms with Crippen LogP contribution in [0.5, 0.6) is 0 Å². The topological polar surface area (TPSA) is 115 Å². The summed E-state index contributed by atoms with van der Waals surface area (Å²) in [4.78, 5) is 39.0. The molecule has 2 unspecified atom stereocenters. The van der Waals surface area contributed by atoms with Crippen LogP contribution in [0.25, 0.3) is 43.1 Å². The lowest BCUT2D eigenvalue weighted by molar-refractivity contribution is 0.355. The Hall–Kier alpha value is -2.57. The first kappa shape index (κ1) is 33.3. The second kappa shape index (κ2) is 13.6. The van der Waals surface area contributed by atoms with Crippen molar-refractivity contribution in [1.29, 1.82) is 0 Å². The summed E-state index contributed by atoms with van der Waals surface area (Å²) in [6.07, 6.45) is 0.810. The Morgan fingerprint density at radius 1 is 0.488 bits per heavy atom. The molecule has 9 heteroatoms. The van der Waals surface area contributed by atoms with Crippen LogP contribution in [0, 0.1) is 0 Å². The van der Waals surface area contributed by atoms with E-state index < -0.39 is 26.5 Å². The fourth-order valence-corrected chi connectivity index (χ4v) is 8.22. The first-order chi connectivity index (χ1) is 20.0. The van der Waals surface area contributed by atoms with Gasteiger partial charge in [-0.25, -0.2) is 0 Å². The zero-order valence-electron chi connectivity index (χ0n) is 24.2. The van der Waals surface area contributed by atoms with Crippen LogP contribution in [0.2, 0.25) is 0 Å². The molecule has 6 nitrogen and oxygen atoms in total. The molecule has 2 radical (unpaired) electrons. The van der Waals surface area contributed by atoms with Gasteiger partial charge in [-0.05, 0) is 79.2 Å². The van der Waals surface area contributed by atoms with E-state index >= 15 is 0 Å². The molecular weight excluding hydrogens is 591 g/mol. The molecule has 0 aliphatic heterocycles. The highest BCUT2D eigenvalue weighted by molar-refractivity contribution is 7.52. The van der Waals surface area contributed by atoms with Gasteiger partial charge in [0.15, 0.2) is 0 Å². The molecule has 0 fully saturated rings. The van der Waals surface area contributed by atoms with Crippen LogP contribution in [-0.4, -0.2) is 42.6 Å². The van der Waals surface area contributed by atoms with E-state index in [9.17, 15) is 28.7 Å². The van der Waals surface area contributed by atoms with Crippen LogP contribution < -0.4 is 0 Å². The third kappa shape index (κ3) is 6.91. The molecule has 0 heterocycles. The fourth-order valence-electron chi connectivity index (χ4n) is 6.04. The van der Waals surface area contributed by atoms with Crippen LogP contribution in [-0.2, 0) is 9.13 Å². The molecule has 6 rings (SSSR count). The minimum atomic E-state index is -4.21. The highest BCUT2D eigenvalue weighted by Gasteiger charge is 2.32. The predicted octanol–water partition coefficient (Wildman–Crippen LogP) is 8.86. The number of fused-ring (bicyclic) bond motifs is 4. The summed E-state index contributed by atoms with van der Waals surface area (Å²) < 4.78 is 23.9. The molecule has 4 N–H and O–H groups in total. The summed E-state index contributed by atoms with van der Waals surface area (Å²) in [6, 6.07) is 35.2. The maximum absolute atomic E-state index is 11.9. The predicted molar refractivity (Wildman–Crippen MR) is 179 cm³/mol. The second-order valence-electron chi connectivity index (χ2n) is 10.5. The van der Waals surface area contributed by atoms with Crippen LogP contribution >= 0.6 is 15.2 Å². The van der Waals surface area contributed by atoms with Crippen molar-refractivity contribution in [3.63, 3.8) is 0 Å². The Morgan fingerprint density at radius 3 is 0.930 bits per heavy atom. The average Bonchev–Trinajstić information content (AvgIpc) is 2.96. The quantitative estimate of drug-likeness (QED) is 0.0836. The molecular formula is C34H34MgO6P2. The first-order valence-corrected chi connectivity index (χ1v) is 17.3. The highest BCUT2D eigenvalue weighted by atomic mass is 31.2. The van der Waals surface area contributed by atoms with Gasteiger partial charge in [0, 0.05) is 23.1 Å². The summed E-state index contributed by atoms with van der Waals surface area (Å²) in [5.41, 5.74) is -0.0129. The molecule has 6 aromatic rings. The van der Waals surface area contributed by atoms with Crippen molar-refractivity contribution in [3.8, 4) is 0 Å². The molecule has 0 aliphatic carbocycles. The van der Waals surface area contributed by atoms with Crippen molar-refractivity contribution in [2.24, 2.45) is 0 Å². The van der Waals surface area contributed by atoms with Gasteiger partial charge in [-0.15, -0.1) is 0 Å². The van der Waals surface area contributed by atoms with Crippen molar-refractivity contribution < 1.29 is 28.7 Å². The van der Waals surface area contributed by atoms with E-state index in [-0.39, 0.29) is 23.1 Å². The van der Waals surface area contributed by atoms with Gasteiger partial charge in [0.2, 0.25) is 0 Å². The minimum absolute atomic E-state index is 0. The molecule has 0 saturated carbocycles. The van der Waals surface area contributed by atoms with E-state index in [2.05, 4.69) is 12.1 Å². The van der Waals surface area contributed by atoms with E-state index in [1.807, 2.05) is 111 Å². The molecule has 218 valence electrons. The first-order valence-electron chi connectivity index (χ1n) is 14.0. The van der Waals surface area contributed by atoms with Crippen molar-refractivity contribution >= 4 is 81.3 Å². The summed E-state index contributed by atoms with van der Waals surface area (Å²) in [5.74, 6) is 0. The van der Waals surface area contributed by atoms with Gasteiger partial charge in [-0.1, -0.05) is 111 Å². The maximum atomic E-state index is 11.9. The van der Waals surface area contributed by atoms with E-state index in [0.717, 1.165) is 54.2 Å². The number of hydrogen-bond donors (Lipinski definition) is 4. The highest BCUT2D eigenvalue weighted by Crippen LogP contribution is 2.57. The van der Waals surface area contributed by atoms with E-state index in [0.29, 0.717) is 12.8 Å². The van der Waals surface area contributed by atoms with Crippen molar-refractivity contribution in [1.82, 2.24) is 0 Å². The van der Waals surface area contributed by atoms with Gasteiger partial charge < -0.3 is 19.6 Å². The minimum Gasteiger partial charge on any atom is -0.324 e. The maximum Gasteiger partial charge on any atom is 0.332 e. The van der Waals surface area contributed by atoms with Crippen molar-refractivity contribution in [2.75, 3.05) is 0 Å². The van der Waals surface area contributed by atoms with Crippen molar-refractivity contribution in [2.45, 2.75) is 38.0 Å². The normalized spacial score (nSPS) is 13.3. The monoisotopic (exact) mass is 624 g/mol. The Labute approximate surface area is 267 Å². The van der Waals surface area contributed by atoms with Gasteiger partial charge in [-0.2, -0.15) is 0 Å². The molecule has 0 amide bonds. The van der Waals surface area contributed by atoms with Crippen LogP contribution in [0.1, 0.15) is 49.1 Å². The van der Waals surface area contributed by atoms with Crippen LogP contribution in [0.4, 0.5) is 0 Å². The Bertz CT molecular complexity index is 1750. The van der Waals surface area contributed by atoms with Gasteiger partial charge in [0.25, 0.3) is 0 Å². The third-order valence-corrected chi connectivity index (χ3v) is 10.7. The zero-order valence-corrected chi connectivity index (χ0v) is 27.4. The molecule has 6 aromatic carbocycles. The van der Waals surface area contributed by atoms with Gasteiger partial charge in [0.1, 0.15) is 0 Å². The summed E-state index contributed by atoms with van der Waals surface area (Å²) >= 11 is 0. The Kier molecular flexibility index (Phi) is 10.5. The van der Waals surface area contributed by atoms with Gasteiger partial charge in [-0.3, -0.25) is 9.13 Å². The number of benzene rings is 6. The standard InChI is InChI=1S/2C17H17O3P.Mg/c2*1-2-16(21(18,19)20)17-14-9-5-3-7-12(14)11-13-8-4-6-10-15(13)17;/h2*3-11,16H,2H2,1H3,(H2,18,19,20);. The molecule has 0 aliphatic rings. The SMILES string of the molecule is CCC(c1c2ccccc2cc2ccccc12)P(=O)(O)O.CCC(c1c2ccccc2cc2ccccc12)P(=O)(O)O.[Mg]. The summed E-state index contributed by atoms with van der Waals surface area (Å²) in [6.45, 7) is 3.64. The van der Waals surface area contributed by atoms with E-state index in [1.165, 1.54) is 0 Å². The second-order valence-corrected chi connectivity index (χ2v) is 14.1. The van der Waals surface area contributed by atoms with E-state index in [4.69, 9.17) is 0 Å². The van der Waals surface area contributed by atoms with Gasteiger partial charge in [0.05, 0.1) is 11.3 Å². The molecule has 0 saturated heterocycles. The summed E-state index contributed by atoms with van der Waals surface area (Å²) in [7, 11) is -8.41. The smallest absolute Gasteiger partial charge is 0.324 e. The Balaban J connectivity index is 0.000000192. The van der Waals surface area contributed by atoms with Crippen LogP contribution in [0.3, 0.4) is 0 Å². The molecule has 0 bridgehead atoms. The van der Waals surface area contributed by atoms with Crippen LogP contribution in [0.15, 0.2) is 109 Å². The number of hydrogen-bond acceptors (Lipinski definition) is 2. The third-order valence-electron chi connectivity index (χ3n) is 7.88. The molecule has 0 spiro atoms. The van der Waals surface area contributed by atoms with Crippen molar-refractivity contribution in [3.05, 3.63) is 120 Å². The van der Waals surface area contributed by atoms with Gasteiger partial charge >= 0.3 is 15.2 Å².